The molecule has 1 aliphatic carbocycles. The molecule has 0 aromatic heterocycles. The van der Waals surface area contributed by atoms with Crippen molar-refractivity contribution < 1.29 is 9.53 Å². The van der Waals surface area contributed by atoms with Crippen molar-refractivity contribution in [3.05, 3.63) is 0 Å². The number of methoxy groups -OCH3 is 1. The summed E-state index contributed by atoms with van der Waals surface area (Å²) in [6, 6.07) is 0. The molecular weight excluding hydrogens is 204 g/mol. The lowest BCUT2D eigenvalue weighted by atomic mass is 10.3. The molecule has 1 fully saturated rings. The molecule has 4 heteroatoms. The molecule has 0 atom stereocenters. The zero-order chi connectivity index (χ0) is 11.8. The fourth-order valence-electron chi connectivity index (χ4n) is 1.46. The van der Waals surface area contributed by atoms with Gasteiger partial charge in [0, 0.05) is 20.2 Å². The van der Waals surface area contributed by atoms with Gasteiger partial charge in [0.05, 0.1) is 19.7 Å². The first kappa shape index (κ1) is 13.0. The van der Waals surface area contributed by atoms with Crippen molar-refractivity contribution in [3.8, 4) is 12.3 Å². The number of nitrogens with zero attached hydrogens (tertiary/aromatic N) is 1. The average Bonchev–Trinajstić information content (AvgIpc) is 3.07. The fourth-order valence-corrected chi connectivity index (χ4v) is 1.46. The van der Waals surface area contributed by atoms with Crippen LogP contribution in [0.2, 0.25) is 0 Å². The zero-order valence-corrected chi connectivity index (χ0v) is 9.87. The topological polar surface area (TPSA) is 41.6 Å². The van der Waals surface area contributed by atoms with Crippen molar-refractivity contribution in [2.45, 2.75) is 12.8 Å². The van der Waals surface area contributed by atoms with Crippen LogP contribution in [-0.4, -0.2) is 50.7 Å². The minimum absolute atomic E-state index is 0.0842. The lowest BCUT2D eigenvalue weighted by Crippen LogP contribution is -2.40. The molecule has 1 aliphatic rings. The van der Waals surface area contributed by atoms with Gasteiger partial charge in [-0.2, -0.15) is 0 Å². The van der Waals surface area contributed by atoms with Gasteiger partial charge in [-0.15, -0.1) is 6.42 Å². The van der Waals surface area contributed by atoms with Crippen molar-refractivity contribution in [2.75, 3.05) is 39.9 Å². The largest absolute Gasteiger partial charge is 0.383 e. The predicted octanol–water partition coefficient (Wildman–Crippen LogP) is 0.0942. The Morgan fingerprint density at radius 3 is 2.94 bits per heavy atom. The predicted molar refractivity (Wildman–Crippen MR) is 62.9 cm³/mol. The molecule has 90 valence electrons. The van der Waals surface area contributed by atoms with Gasteiger partial charge < -0.3 is 15.0 Å². The Morgan fingerprint density at radius 2 is 2.38 bits per heavy atom. The number of ether oxygens (including phenoxy) is 1. The van der Waals surface area contributed by atoms with Gasteiger partial charge >= 0.3 is 0 Å². The maximum atomic E-state index is 11.8. The Hall–Kier alpha value is -1.05. The summed E-state index contributed by atoms with van der Waals surface area (Å²) in [5.41, 5.74) is 0. The first-order valence-corrected chi connectivity index (χ1v) is 5.68. The van der Waals surface area contributed by atoms with Gasteiger partial charge in [0.25, 0.3) is 0 Å². The van der Waals surface area contributed by atoms with E-state index in [1.165, 1.54) is 12.8 Å². The lowest BCUT2D eigenvalue weighted by Gasteiger charge is -2.20. The van der Waals surface area contributed by atoms with Crippen LogP contribution in [0.15, 0.2) is 0 Å². The van der Waals surface area contributed by atoms with E-state index in [1.807, 2.05) is 0 Å². The SMILES string of the molecule is C#CCN(CC1CC1)C(=O)CNCCOC. The zero-order valence-electron chi connectivity index (χ0n) is 9.87. The number of hydrogen-bond acceptors (Lipinski definition) is 3. The molecule has 0 radical (unpaired) electrons. The van der Waals surface area contributed by atoms with Crippen molar-refractivity contribution in [3.63, 3.8) is 0 Å². The average molecular weight is 224 g/mol. The van der Waals surface area contributed by atoms with E-state index in [0.717, 1.165) is 6.54 Å². The molecule has 0 aromatic rings. The van der Waals surface area contributed by atoms with Gasteiger partial charge in [-0.1, -0.05) is 5.92 Å². The molecule has 0 heterocycles. The van der Waals surface area contributed by atoms with E-state index >= 15 is 0 Å². The third kappa shape index (κ3) is 5.15. The van der Waals surface area contributed by atoms with Gasteiger partial charge in [-0.25, -0.2) is 0 Å². The summed E-state index contributed by atoms with van der Waals surface area (Å²) in [4.78, 5) is 13.5. The van der Waals surface area contributed by atoms with E-state index in [4.69, 9.17) is 11.2 Å². The van der Waals surface area contributed by atoms with E-state index in [2.05, 4.69) is 11.2 Å². The summed E-state index contributed by atoms with van der Waals surface area (Å²) in [6.07, 6.45) is 7.71. The van der Waals surface area contributed by atoms with E-state index in [9.17, 15) is 4.79 Å². The Labute approximate surface area is 97.3 Å². The molecule has 4 nitrogen and oxygen atoms in total. The summed E-state index contributed by atoms with van der Waals surface area (Å²) in [7, 11) is 1.64. The van der Waals surface area contributed by atoms with Crippen LogP contribution in [0.25, 0.3) is 0 Å². The summed E-state index contributed by atoms with van der Waals surface area (Å²) in [6.45, 7) is 2.88. The van der Waals surface area contributed by atoms with Gasteiger partial charge in [0.2, 0.25) is 5.91 Å². The standard InChI is InChI=1S/C12H20N2O2/c1-3-7-14(10-11-4-5-11)12(15)9-13-6-8-16-2/h1,11,13H,4-10H2,2H3. The minimum atomic E-state index is 0.0842. The monoisotopic (exact) mass is 224 g/mol. The van der Waals surface area contributed by atoms with Crippen molar-refractivity contribution in [2.24, 2.45) is 5.92 Å². The summed E-state index contributed by atoms with van der Waals surface area (Å²) >= 11 is 0. The number of nitrogens with one attached hydrogen (secondary N) is 1. The molecule has 1 N–H and O–H groups in total. The van der Waals surface area contributed by atoms with E-state index < -0.39 is 0 Å². The number of terminal acetylenes is 1. The fraction of sp³-hybridized carbons (Fsp3) is 0.750. The highest BCUT2D eigenvalue weighted by Crippen LogP contribution is 2.29. The maximum absolute atomic E-state index is 11.8. The molecule has 0 saturated heterocycles. The van der Waals surface area contributed by atoms with Crippen LogP contribution in [0.5, 0.6) is 0 Å². The number of carbonyl (C=O) groups is 1. The second-order valence-electron chi connectivity index (χ2n) is 4.09. The first-order chi connectivity index (χ1) is 7.77. The highest BCUT2D eigenvalue weighted by Gasteiger charge is 2.25. The normalized spacial score (nSPS) is 14.5. The molecule has 16 heavy (non-hydrogen) atoms. The first-order valence-electron chi connectivity index (χ1n) is 5.68. The van der Waals surface area contributed by atoms with E-state index in [0.29, 0.717) is 32.2 Å². The molecular formula is C12H20N2O2. The molecule has 1 amide bonds. The van der Waals surface area contributed by atoms with E-state index in [-0.39, 0.29) is 5.91 Å². The van der Waals surface area contributed by atoms with Crippen LogP contribution in [0.4, 0.5) is 0 Å². The van der Waals surface area contributed by atoms with Gasteiger partial charge in [-0.05, 0) is 18.8 Å². The van der Waals surface area contributed by atoms with Crippen molar-refractivity contribution >= 4 is 5.91 Å². The molecule has 1 rings (SSSR count). The van der Waals surface area contributed by atoms with Crippen molar-refractivity contribution in [1.29, 1.82) is 0 Å². The van der Waals surface area contributed by atoms with Gasteiger partial charge in [0.1, 0.15) is 0 Å². The minimum Gasteiger partial charge on any atom is -0.383 e. The summed E-state index contributed by atoms with van der Waals surface area (Å²) < 4.78 is 4.89. The lowest BCUT2D eigenvalue weighted by molar-refractivity contribution is -0.129. The van der Waals surface area contributed by atoms with Crippen LogP contribution in [0, 0.1) is 18.3 Å². The van der Waals surface area contributed by atoms with Crippen molar-refractivity contribution in [1.82, 2.24) is 10.2 Å². The Bertz CT molecular complexity index is 256. The van der Waals surface area contributed by atoms with Crippen LogP contribution in [-0.2, 0) is 9.53 Å². The summed E-state index contributed by atoms with van der Waals surface area (Å²) in [5, 5.41) is 3.03. The van der Waals surface area contributed by atoms with Crippen LogP contribution in [0.3, 0.4) is 0 Å². The van der Waals surface area contributed by atoms with Gasteiger partial charge in [0.15, 0.2) is 0 Å². The summed E-state index contributed by atoms with van der Waals surface area (Å²) in [5.74, 6) is 3.30. The molecule has 0 aliphatic heterocycles. The van der Waals surface area contributed by atoms with Crippen LogP contribution in [0.1, 0.15) is 12.8 Å². The number of rotatable bonds is 8. The Kier molecular flexibility index (Phi) is 5.91. The third-order valence-electron chi connectivity index (χ3n) is 2.57. The second kappa shape index (κ2) is 7.26. The number of amides is 1. The highest BCUT2D eigenvalue weighted by molar-refractivity contribution is 5.78. The molecule has 0 unspecified atom stereocenters. The molecule has 0 spiro atoms. The number of carbonyl (C=O) groups excluding carboxylic acids is 1. The maximum Gasteiger partial charge on any atom is 0.237 e. The second-order valence-corrected chi connectivity index (χ2v) is 4.09. The van der Waals surface area contributed by atoms with E-state index in [1.54, 1.807) is 12.0 Å². The molecule has 1 saturated carbocycles. The molecule has 0 aromatic carbocycles. The Balaban J connectivity index is 2.20. The highest BCUT2D eigenvalue weighted by atomic mass is 16.5. The number of hydrogen-bond donors (Lipinski definition) is 1. The Morgan fingerprint density at radius 1 is 1.62 bits per heavy atom. The quantitative estimate of drug-likeness (QED) is 0.469. The van der Waals surface area contributed by atoms with Gasteiger partial charge in [-0.3, -0.25) is 4.79 Å². The third-order valence-corrected chi connectivity index (χ3v) is 2.57. The molecule has 0 bridgehead atoms. The van der Waals surface area contributed by atoms with Crippen LogP contribution < -0.4 is 5.32 Å². The smallest absolute Gasteiger partial charge is 0.237 e. The van der Waals surface area contributed by atoms with Crippen LogP contribution >= 0.6 is 0 Å².